The molecule has 0 bridgehead atoms. The molecule has 6 heteroatoms. The molecular formula is C22H23N3O3. The highest BCUT2D eigenvalue weighted by Gasteiger charge is 2.05. The van der Waals surface area contributed by atoms with Gasteiger partial charge in [0.2, 0.25) is 11.8 Å². The van der Waals surface area contributed by atoms with Crippen LogP contribution in [0, 0.1) is 0 Å². The van der Waals surface area contributed by atoms with Crippen LogP contribution in [0.3, 0.4) is 0 Å². The van der Waals surface area contributed by atoms with E-state index in [1.807, 2.05) is 54.6 Å². The minimum atomic E-state index is -0.130. The maximum absolute atomic E-state index is 12.1. The third kappa shape index (κ3) is 6.32. The molecule has 0 unspecified atom stereocenters. The highest BCUT2D eigenvalue weighted by molar-refractivity contribution is 5.91. The Balaban J connectivity index is 1.38. The number of nitrogens with one attached hydrogen (secondary N) is 3. The molecule has 28 heavy (non-hydrogen) atoms. The number of benzene rings is 2. The molecule has 3 rings (SSSR count). The van der Waals surface area contributed by atoms with Crippen molar-refractivity contribution in [2.75, 3.05) is 17.2 Å². The van der Waals surface area contributed by atoms with E-state index in [0.717, 1.165) is 16.9 Å². The summed E-state index contributed by atoms with van der Waals surface area (Å²) in [5.41, 5.74) is 2.67. The van der Waals surface area contributed by atoms with E-state index in [4.69, 9.17) is 4.42 Å². The monoisotopic (exact) mass is 377 g/mol. The van der Waals surface area contributed by atoms with Crippen molar-refractivity contribution >= 4 is 23.2 Å². The summed E-state index contributed by atoms with van der Waals surface area (Å²) >= 11 is 0. The number of hydrogen-bond donors (Lipinski definition) is 3. The summed E-state index contributed by atoms with van der Waals surface area (Å²) in [5.74, 6) is 0.553. The Morgan fingerprint density at radius 2 is 1.57 bits per heavy atom. The lowest BCUT2D eigenvalue weighted by Crippen LogP contribution is -2.29. The van der Waals surface area contributed by atoms with Gasteiger partial charge in [-0.05, 0) is 48.4 Å². The van der Waals surface area contributed by atoms with Crippen LogP contribution < -0.4 is 16.0 Å². The molecule has 6 nitrogen and oxygen atoms in total. The molecule has 1 heterocycles. The molecule has 0 aliphatic heterocycles. The van der Waals surface area contributed by atoms with Crippen LogP contribution in [0.25, 0.3) is 0 Å². The van der Waals surface area contributed by atoms with Crippen molar-refractivity contribution in [2.24, 2.45) is 0 Å². The average Bonchev–Trinajstić information content (AvgIpc) is 3.25. The van der Waals surface area contributed by atoms with Gasteiger partial charge in [-0.15, -0.1) is 0 Å². The molecule has 2 aromatic carbocycles. The summed E-state index contributed by atoms with van der Waals surface area (Å²) in [4.78, 5) is 23.9. The van der Waals surface area contributed by atoms with E-state index in [1.165, 1.54) is 0 Å². The number of rotatable bonds is 9. The lowest BCUT2D eigenvalue weighted by molar-refractivity contribution is -0.119. The smallest absolute Gasteiger partial charge is 0.239 e. The number of anilines is 2. The summed E-state index contributed by atoms with van der Waals surface area (Å²) in [5, 5.41) is 8.70. The second-order valence-electron chi connectivity index (χ2n) is 6.32. The predicted molar refractivity (Wildman–Crippen MR) is 109 cm³/mol. The SMILES string of the molecule is O=C(CNc1ccc(NC(=O)CCc2ccccc2)cc1)NCc1ccco1. The first-order valence-electron chi connectivity index (χ1n) is 9.16. The normalized spacial score (nSPS) is 10.3. The fourth-order valence-corrected chi connectivity index (χ4v) is 2.64. The standard InChI is InChI=1S/C22H23N3O3/c26-21(13-8-17-5-2-1-3-6-17)25-19-11-9-18(10-12-19)23-16-22(27)24-15-20-7-4-14-28-20/h1-7,9-12,14,23H,8,13,15-16H2,(H,24,27)(H,25,26). The van der Waals surface area contributed by atoms with Gasteiger partial charge in [0.05, 0.1) is 19.4 Å². The minimum absolute atomic E-state index is 0.0260. The maximum Gasteiger partial charge on any atom is 0.239 e. The Morgan fingerprint density at radius 1 is 0.821 bits per heavy atom. The number of carbonyl (C=O) groups is 2. The molecule has 0 radical (unpaired) electrons. The molecule has 0 saturated carbocycles. The van der Waals surface area contributed by atoms with Crippen LogP contribution >= 0.6 is 0 Å². The zero-order valence-corrected chi connectivity index (χ0v) is 15.5. The van der Waals surface area contributed by atoms with Crippen molar-refractivity contribution in [3.63, 3.8) is 0 Å². The Morgan fingerprint density at radius 3 is 2.29 bits per heavy atom. The van der Waals surface area contributed by atoms with Gasteiger partial charge < -0.3 is 20.4 Å². The highest BCUT2D eigenvalue weighted by atomic mass is 16.3. The first kappa shape index (κ1) is 19.2. The van der Waals surface area contributed by atoms with Gasteiger partial charge in [-0.3, -0.25) is 9.59 Å². The summed E-state index contributed by atoms with van der Waals surface area (Å²) < 4.78 is 5.16. The van der Waals surface area contributed by atoms with Gasteiger partial charge in [-0.25, -0.2) is 0 Å². The van der Waals surface area contributed by atoms with Crippen molar-refractivity contribution in [2.45, 2.75) is 19.4 Å². The maximum atomic E-state index is 12.1. The Bertz CT molecular complexity index is 875. The zero-order valence-electron chi connectivity index (χ0n) is 15.5. The van der Waals surface area contributed by atoms with Crippen LogP contribution in [-0.2, 0) is 22.6 Å². The minimum Gasteiger partial charge on any atom is -0.467 e. The second kappa shape index (κ2) is 9.97. The van der Waals surface area contributed by atoms with Crippen LogP contribution in [0.5, 0.6) is 0 Å². The van der Waals surface area contributed by atoms with Crippen molar-refractivity contribution < 1.29 is 14.0 Å². The molecule has 0 spiro atoms. The third-order valence-electron chi connectivity index (χ3n) is 4.15. The van der Waals surface area contributed by atoms with E-state index in [1.54, 1.807) is 18.4 Å². The van der Waals surface area contributed by atoms with Crippen LogP contribution in [0.15, 0.2) is 77.4 Å². The first-order chi connectivity index (χ1) is 13.7. The van der Waals surface area contributed by atoms with Gasteiger partial charge in [-0.1, -0.05) is 30.3 Å². The number of furan rings is 1. The lowest BCUT2D eigenvalue weighted by Gasteiger charge is -2.09. The molecule has 3 N–H and O–H groups in total. The zero-order chi connectivity index (χ0) is 19.6. The van der Waals surface area contributed by atoms with Crippen molar-refractivity contribution in [3.05, 3.63) is 84.3 Å². The van der Waals surface area contributed by atoms with Crippen LogP contribution in [0.4, 0.5) is 11.4 Å². The molecule has 144 valence electrons. The van der Waals surface area contributed by atoms with Crippen LogP contribution in [0.1, 0.15) is 17.7 Å². The van der Waals surface area contributed by atoms with Gasteiger partial charge in [0.15, 0.2) is 0 Å². The second-order valence-corrected chi connectivity index (χ2v) is 6.32. The number of aryl methyl sites for hydroxylation is 1. The summed E-state index contributed by atoms with van der Waals surface area (Å²) in [6.07, 6.45) is 2.71. The van der Waals surface area contributed by atoms with E-state index >= 15 is 0 Å². The number of hydrogen-bond acceptors (Lipinski definition) is 4. The molecule has 1 aromatic heterocycles. The lowest BCUT2D eigenvalue weighted by atomic mass is 10.1. The van der Waals surface area contributed by atoms with Gasteiger partial charge >= 0.3 is 0 Å². The molecular weight excluding hydrogens is 354 g/mol. The Kier molecular flexibility index (Phi) is 6.84. The van der Waals surface area contributed by atoms with Crippen LogP contribution in [0.2, 0.25) is 0 Å². The largest absolute Gasteiger partial charge is 0.467 e. The van der Waals surface area contributed by atoms with E-state index in [0.29, 0.717) is 25.1 Å². The topological polar surface area (TPSA) is 83.4 Å². The fourth-order valence-electron chi connectivity index (χ4n) is 2.64. The van der Waals surface area contributed by atoms with Gasteiger partial charge in [0, 0.05) is 17.8 Å². The quantitative estimate of drug-likeness (QED) is 0.532. The first-order valence-corrected chi connectivity index (χ1v) is 9.16. The predicted octanol–water partition coefficient (Wildman–Crippen LogP) is 3.58. The van der Waals surface area contributed by atoms with E-state index in [9.17, 15) is 9.59 Å². The van der Waals surface area contributed by atoms with Gasteiger partial charge in [0.25, 0.3) is 0 Å². The molecule has 2 amide bonds. The molecule has 0 aliphatic rings. The Hall–Kier alpha value is -3.54. The van der Waals surface area contributed by atoms with E-state index in [2.05, 4.69) is 16.0 Å². The molecule has 3 aromatic rings. The molecule has 0 fully saturated rings. The van der Waals surface area contributed by atoms with Crippen molar-refractivity contribution in [1.82, 2.24) is 5.32 Å². The Labute approximate surface area is 164 Å². The summed E-state index contributed by atoms with van der Waals surface area (Å²) in [7, 11) is 0. The van der Waals surface area contributed by atoms with Crippen molar-refractivity contribution in [1.29, 1.82) is 0 Å². The summed E-state index contributed by atoms with van der Waals surface area (Å²) in [6.45, 7) is 0.519. The molecule has 0 aliphatic carbocycles. The van der Waals surface area contributed by atoms with Crippen molar-refractivity contribution in [3.8, 4) is 0 Å². The van der Waals surface area contributed by atoms with Gasteiger partial charge in [-0.2, -0.15) is 0 Å². The molecule has 0 saturated heterocycles. The number of carbonyl (C=O) groups excluding carboxylic acids is 2. The van der Waals surface area contributed by atoms with E-state index in [-0.39, 0.29) is 18.4 Å². The highest BCUT2D eigenvalue weighted by Crippen LogP contribution is 2.14. The van der Waals surface area contributed by atoms with Gasteiger partial charge in [0.1, 0.15) is 5.76 Å². The van der Waals surface area contributed by atoms with E-state index < -0.39 is 0 Å². The summed E-state index contributed by atoms with van der Waals surface area (Å²) in [6, 6.07) is 20.8. The average molecular weight is 377 g/mol. The third-order valence-corrected chi connectivity index (χ3v) is 4.15. The molecule has 0 atom stereocenters. The fraction of sp³-hybridized carbons (Fsp3) is 0.182. The van der Waals surface area contributed by atoms with Crippen LogP contribution in [-0.4, -0.2) is 18.4 Å². The number of amides is 2.